The molecule has 2 aliphatic heterocycles. The maximum atomic E-state index is 2.35. The van der Waals surface area contributed by atoms with Gasteiger partial charge in [-0.1, -0.05) is 78.1 Å². The molecule has 0 aromatic heterocycles. The van der Waals surface area contributed by atoms with E-state index in [4.69, 9.17) is 0 Å². The molecule has 0 aliphatic carbocycles. The zero-order valence-electron chi connectivity index (χ0n) is 15.2. The van der Waals surface area contributed by atoms with E-state index >= 15 is 0 Å². The number of hydrogen-bond acceptors (Lipinski definition) is 4. The molecule has 0 saturated heterocycles. The Morgan fingerprint density at radius 3 is 1.25 bits per heavy atom. The van der Waals surface area contributed by atoms with Gasteiger partial charge >= 0.3 is 0 Å². The Hall–Kier alpha value is -0.770. The zero-order valence-corrected chi connectivity index (χ0v) is 19.4. The summed E-state index contributed by atoms with van der Waals surface area (Å²) in [5.74, 6) is 2.47. The van der Waals surface area contributed by atoms with Crippen LogP contribution in [0, 0.1) is 0 Å². The lowest BCUT2D eigenvalue weighted by Gasteiger charge is -2.31. The number of benzene rings is 3. The van der Waals surface area contributed by atoms with E-state index in [1.54, 1.807) is 8.47 Å². The molecule has 0 bridgehead atoms. The van der Waals surface area contributed by atoms with Crippen molar-refractivity contribution < 1.29 is 0 Å². The Morgan fingerprint density at radius 2 is 0.893 bits per heavy atom. The third-order valence-corrected chi connectivity index (χ3v) is 17.1. The van der Waals surface area contributed by atoms with E-state index in [0.717, 1.165) is 0 Å². The molecule has 3 aromatic rings. The standard InChI is InChI=1S/C23H20PS4/c1-4-10-18(11-5-1)24(19-12-6-2-7-13-19,20-14-8-3-9-15-20)23-27-21-22(28-23)26-17-16-25-21/h1-15,23H,16-17H2/q+1. The molecule has 5 heteroatoms. The van der Waals surface area contributed by atoms with Crippen molar-refractivity contribution in [2.45, 2.75) is 4.32 Å². The van der Waals surface area contributed by atoms with Crippen molar-refractivity contribution in [3.63, 3.8) is 0 Å². The fraction of sp³-hybridized carbons (Fsp3) is 0.130. The van der Waals surface area contributed by atoms with Crippen molar-refractivity contribution in [1.82, 2.24) is 0 Å². The maximum absolute atomic E-state index is 2.35. The van der Waals surface area contributed by atoms with Crippen molar-refractivity contribution >= 4 is 70.2 Å². The zero-order chi connectivity index (χ0) is 18.8. The summed E-state index contributed by atoms with van der Waals surface area (Å²) in [6.45, 7) is 0. The second-order valence-corrected chi connectivity index (χ2v) is 16.0. The lowest BCUT2D eigenvalue weighted by Crippen LogP contribution is -2.35. The first-order chi connectivity index (χ1) is 13.9. The van der Waals surface area contributed by atoms with E-state index in [2.05, 4.69) is 138 Å². The summed E-state index contributed by atoms with van der Waals surface area (Å²) < 4.78 is 3.60. The molecule has 0 atom stereocenters. The van der Waals surface area contributed by atoms with Crippen LogP contribution in [0.1, 0.15) is 0 Å². The summed E-state index contributed by atoms with van der Waals surface area (Å²) in [5.41, 5.74) is 0. The topological polar surface area (TPSA) is 0 Å². The smallest absolute Gasteiger partial charge is 0.117 e. The average molecular weight is 456 g/mol. The molecule has 0 radical (unpaired) electrons. The van der Waals surface area contributed by atoms with Crippen LogP contribution in [0.4, 0.5) is 0 Å². The minimum absolute atomic E-state index is 0.489. The van der Waals surface area contributed by atoms with Gasteiger partial charge in [0, 0.05) is 11.5 Å². The summed E-state index contributed by atoms with van der Waals surface area (Å²) >= 11 is 8.36. The Labute approximate surface area is 184 Å². The largest absolute Gasteiger partial charge is 0.184 e. The molecule has 0 unspecified atom stereocenters. The van der Waals surface area contributed by atoms with Gasteiger partial charge in [-0.05, 0) is 36.4 Å². The van der Waals surface area contributed by atoms with Crippen molar-refractivity contribution in [1.29, 1.82) is 0 Å². The number of rotatable bonds is 4. The van der Waals surface area contributed by atoms with Crippen LogP contribution >= 0.6 is 54.3 Å². The third kappa shape index (κ3) is 3.38. The fourth-order valence-corrected chi connectivity index (χ4v) is 17.7. The monoisotopic (exact) mass is 455 g/mol. The van der Waals surface area contributed by atoms with Gasteiger partial charge in [0.25, 0.3) is 0 Å². The highest BCUT2D eigenvalue weighted by Gasteiger charge is 2.56. The van der Waals surface area contributed by atoms with Crippen molar-refractivity contribution in [3.8, 4) is 0 Å². The van der Waals surface area contributed by atoms with Gasteiger partial charge < -0.3 is 0 Å². The Kier molecular flexibility index (Phi) is 5.86. The van der Waals surface area contributed by atoms with E-state index in [-0.39, 0.29) is 0 Å². The highest BCUT2D eigenvalue weighted by molar-refractivity contribution is 8.43. The minimum Gasteiger partial charge on any atom is -0.117 e. The minimum atomic E-state index is -1.82. The molecule has 140 valence electrons. The van der Waals surface area contributed by atoms with Crippen molar-refractivity contribution in [2.24, 2.45) is 0 Å². The van der Waals surface area contributed by atoms with Crippen LogP contribution in [0.25, 0.3) is 0 Å². The summed E-state index contributed by atoms with van der Waals surface area (Å²) in [7, 11) is -1.82. The first-order valence-corrected chi connectivity index (χ1v) is 14.9. The first kappa shape index (κ1) is 19.2. The molecule has 28 heavy (non-hydrogen) atoms. The van der Waals surface area contributed by atoms with Crippen LogP contribution in [-0.2, 0) is 0 Å². The van der Waals surface area contributed by atoms with Gasteiger partial charge in [0.15, 0.2) is 4.32 Å². The van der Waals surface area contributed by atoms with Gasteiger partial charge in [0.05, 0.1) is 8.47 Å². The van der Waals surface area contributed by atoms with Crippen molar-refractivity contribution in [2.75, 3.05) is 11.5 Å². The number of thioether (sulfide) groups is 4. The summed E-state index contributed by atoms with van der Waals surface area (Å²) in [6, 6.07) is 33.8. The third-order valence-electron chi connectivity index (χ3n) is 4.94. The molecular weight excluding hydrogens is 435 g/mol. The first-order valence-electron chi connectivity index (χ1n) is 9.28. The summed E-state index contributed by atoms with van der Waals surface area (Å²) in [5, 5.41) is 4.44. The molecule has 0 spiro atoms. The van der Waals surface area contributed by atoms with E-state index in [9.17, 15) is 0 Å². The second-order valence-electron chi connectivity index (χ2n) is 6.54. The van der Waals surface area contributed by atoms with E-state index < -0.39 is 7.26 Å². The molecule has 0 nitrogen and oxygen atoms in total. The maximum Gasteiger partial charge on any atom is 0.184 e. The van der Waals surface area contributed by atoms with E-state index in [0.29, 0.717) is 4.32 Å². The fourth-order valence-electron chi connectivity index (χ4n) is 3.72. The predicted octanol–water partition coefficient (Wildman–Crippen LogP) is 6.35. The average Bonchev–Trinajstić information content (AvgIpc) is 3.21. The summed E-state index contributed by atoms with van der Waals surface area (Å²) in [6.07, 6.45) is 0. The van der Waals surface area contributed by atoms with Crippen LogP contribution < -0.4 is 15.9 Å². The second kappa shape index (κ2) is 8.53. The van der Waals surface area contributed by atoms with E-state index in [1.807, 2.05) is 0 Å². The van der Waals surface area contributed by atoms with Gasteiger partial charge in [-0.2, -0.15) is 0 Å². The molecular formula is C23H20PS4+. The highest BCUT2D eigenvalue weighted by atomic mass is 32.3. The van der Waals surface area contributed by atoms with Crippen LogP contribution in [-0.4, -0.2) is 15.8 Å². The quantitative estimate of drug-likeness (QED) is 0.420. The molecule has 2 aliphatic rings. The number of hydrogen-bond donors (Lipinski definition) is 0. The lowest BCUT2D eigenvalue weighted by molar-refractivity contribution is 1.56. The summed E-state index contributed by atoms with van der Waals surface area (Å²) in [4.78, 5) is 0. The molecule has 2 heterocycles. The van der Waals surface area contributed by atoms with Crippen LogP contribution in [0.3, 0.4) is 0 Å². The van der Waals surface area contributed by atoms with Crippen LogP contribution in [0.5, 0.6) is 0 Å². The van der Waals surface area contributed by atoms with Crippen LogP contribution in [0.15, 0.2) is 99.5 Å². The molecule has 0 amide bonds. The lowest BCUT2D eigenvalue weighted by atomic mass is 10.4. The SMILES string of the molecule is c1ccc([P+](c2ccccc2)(c2ccccc2)C2SC3=C(SCCS3)S2)cc1. The molecule has 0 N–H and O–H groups in total. The van der Waals surface area contributed by atoms with Gasteiger partial charge in [0.2, 0.25) is 0 Å². The van der Waals surface area contributed by atoms with Crippen molar-refractivity contribution in [3.05, 3.63) is 99.5 Å². The molecule has 5 rings (SSSR count). The van der Waals surface area contributed by atoms with Gasteiger partial charge in [-0.25, -0.2) is 0 Å². The van der Waals surface area contributed by atoms with Gasteiger partial charge in [-0.15, -0.1) is 23.5 Å². The Morgan fingerprint density at radius 1 is 0.536 bits per heavy atom. The van der Waals surface area contributed by atoms with Gasteiger partial charge in [-0.3, -0.25) is 0 Å². The van der Waals surface area contributed by atoms with Gasteiger partial charge in [0.1, 0.15) is 23.2 Å². The van der Waals surface area contributed by atoms with E-state index in [1.165, 1.54) is 27.4 Å². The molecule has 0 saturated carbocycles. The molecule has 0 fully saturated rings. The Balaban J connectivity index is 1.74. The van der Waals surface area contributed by atoms with Crippen LogP contribution in [0.2, 0.25) is 0 Å². The predicted molar refractivity (Wildman–Crippen MR) is 136 cm³/mol. The highest BCUT2D eigenvalue weighted by Crippen LogP contribution is 2.74. The Bertz CT molecular complexity index is 859. The normalized spacial score (nSPS) is 17.6. The molecule has 3 aromatic carbocycles.